The van der Waals surface area contributed by atoms with Crippen LogP contribution in [0.25, 0.3) is 0 Å². The molecule has 15 heavy (non-hydrogen) atoms. The average molecular weight is 214 g/mol. The second-order valence-electron chi connectivity index (χ2n) is 4.68. The number of rotatable bonds is 10. The Morgan fingerprint density at radius 3 is 2.27 bits per heavy atom. The van der Waals surface area contributed by atoms with Gasteiger partial charge in [-0.3, -0.25) is 0 Å². The van der Waals surface area contributed by atoms with E-state index in [-0.39, 0.29) is 0 Å². The molecule has 0 rings (SSSR count). The molecule has 0 bridgehead atoms. The average Bonchev–Trinajstić information content (AvgIpc) is 2.19. The summed E-state index contributed by atoms with van der Waals surface area (Å²) in [5.74, 6) is 0.870. The minimum atomic E-state index is 0.857. The summed E-state index contributed by atoms with van der Waals surface area (Å²) >= 11 is 0. The van der Waals surface area contributed by atoms with Crippen LogP contribution in [0.2, 0.25) is 0 Å². The van der Waals surface area contributed by atoms with Crippen molar-refractivity contribution in [2.45, 2.75) is 52.4 Å². The van der Waals surface area contributed by atoms with E-state index in [4.69, 9.17) is 5.73 Å². The molecule has 2 nitrogen and oxygen atoms in total. The molecule has 1 unspecified atom stereocenters. The summed E-state index contributed by atoms with van der Waals surface area (Å²) in [5.41, 5.74) is 5.63. The molecule has 0 saturated heterocycles. The summed E-state index contributed by atoms with van der Waals surface area (Å²) in [7, 11) is 2.22. The zero-order valence-electron chi connectivity index (χ0n) is 11.0. The molecule has 92 valence electrons. The van der Waals surface area contributed by atoms with E-state index in [1.807, 2.05) is 0 Å². The largest absolute Gasteiger partial charge is 0.330 e. The fourth-order valence-corrected chi connectivity index (χ4v) is 2.22. The first-order valence-corrected chi connectivity index (χ1v) is 6.63. The predicted molar refractivity (Wildman–Crippen MR) is 69.1 cm³/mol. The Bertz CT molecular complexity index is 120. The van der Waals surface area contributed by atoms with Gasteiger partial charge in [-0.25, -0.2) is 0 Å². The Labute approximate surface area is 96.2 Å². The second-order valence-corrected chi connectivity index (χ2v) is 4.68. The highest BCUT2D eigenvalue weighted by Crippen LogP contribution is 2.16. The van der Waals surface area contributed by atoms with E-state index in [9.17, 15) is 0 Å². The summed E-state index contributed by atoms with van der Waals surface area (Å²) < 4.78 is 0. The molecule has 0 radical (unpaired) electrons. The quantitative estimate of drug-likeness (QED) is 0.606. The first-order valence-electron chi connectivity index (χ1n) is 6.63. The highest BCUT2D eigenvalue weighted by Gasteiger charge is 2.06. The molecule has 0 aliphatic rings. The van der Waals surface area contributed by atoms with Crippen LogP contribution in [0.4, 0.5) is 0 Å². The monoisotopic (exact) mass is 214 g/mol. The predicted octanol–water partition coefficient (Wildman–Crippen LogP) is 2.87. The lowest BCUT2D eigenvalue weighted by atomic mass is 9.94. The van der Waals surface area contributed by atoms with Crippen molar-refractivity contribution in [1.82, 2.24) is 4.90 Å². The Kier molecular flexibility index (Phi) is 10.4. The van der Waals surface area contributed by atoms with Crippen molar-refractivity contribution < 1.29 is 0 Å². The minimum Gasteiger partial charge on any atom is -0.330 e. The molecule has 0 fully saturated rings. The normalized spacial score (nSPS) is 13.4. The lowest BCUT2D eigenvalue weighted by molar-refractivity contribution is 0.304. The van der Waals surface area contributed by atoms with Crippen LogP contribution in [0.15, 0.2) is 0 Å². The lowest BCUT2D eigenvalue weighted by Crippen LogP contribution is -2.21. The van der Waals surface area contributed by atoms with Crippen LogP contribution < -0.4 is 5.73 Å². The molecule has 0 aromatic rings. The van der Waals surface area contributed by atoms with E-state index in [2.05, 4.69) is 25.8 Å². The highest BCUT2D eigenvalue weighted by molar-refractivity contribution is 4.61. The van der Waals surface area contributed by atoms with Gasteiger partial charge in [0, 0.05) is 0 Å². The molecule has 0 saturated carbocycles. The molecule has 2 N–H and O–H groups in total. The van der Waals surface area contributed by atoms with Gasteiger partial charge in [-0.05, 0) is 58.3 Å². The summed E-state index contributed by atoms with van der Waals surface area (Å²) in [6.45, 7) is 7.85. The van der Waals surface area contributed by atoms with Crippen molar-refractivity contribution in [2.24, 2.45) is 11.7 Å². The first kappa shape index (κ1) is 14.9. The van der Waals surface area contributed by atoms with Crippen molar-refractivity contribution >= 4 is 0 Å². The fourth-order valence-electron chi connectivity index (χ4n) is 2.22. The van der Waals surface area contributed by atoms with E-state index < -0.39 is 0 Å². The minimum absolute atomic E-state index is 0.857. The third-order valence-electron chi connectivity index (χ3n) is 3.03. The van der Waals surface area contributed by atoms with Crippen LogP contribution in [0.1, 0.15) is 52.4 Å². The van der Waals surface area contributed by atoms with Crippen LogP contribution in [-0.2, 0) is 0 Å². The van der Waals surface area contributed by atoms with Crippen molar-refractivity contribution in [3.05, 3.63) is 0 Å². The van der Waals surface area contributed by atoms with Gasteiger partial charge in [0.2, 0.25) is 0 Å². The van der Waals surface area contributed by atoms with E-state index >= 15 is 0 Å². The number of nitrogens with two attached hydrogens (primary N) is 1. The fraction of sp³-hybridized carbons (Fsp3) is 1.00. The van der Waals surface area contributed by atoms with E-state index in [1.54, 1.807) is 0 Å². The Hall–Kier alpha value is -0.0800. The maximum absolute atomic E-state index is 5.63. The van der Waals surface area contributed by atoms with Crippen LogP contribution in [0.3, 0.4) is 0 Å². The van der Waals surface area contributed by atoms with Gasteiger partial charge >= 0.3 is 0 Å². The van der Waals surface area contributed by atoms with Gasteiger partial charge in [-0.15, -0.1) is 0 Å². The molecule has 0 aromatic carbocycles. The Balaban J connectivity index is 3.51. The SMILES string of the molecule is CCCC(CCN)CCCN(C)CCC. The van der Waals surface area contributed by atoms with Crippen molar-refractivity contribution in [3.8, 4) is 0 Å². The third kappa shape index (κ3) is 8.88. The van der Waals surface area contributed by atoms with Crippen molar-refractivity contribution in [2.75, 3.05) is 26.7 Å². The van der Waals surface area contributed by atoms with Crippen LogP contribution in [0.5, 0.6) is 0 Å². The zero-order valence-corrected chi connectivity index (χ0v) is 11.0. The number of nitrogens with zero attached hydrogens (tertiary/aromatic N) is 1. The van der Waals surface area contributed by atoms with Gasteiger partial charge in [0.15, 0.2) is 0 Å². The maximum Gasteiger partial charge on any atom is -0.00217 e. The topological polar surface area (TPSA) is 29.3 Å². The Morgan fingerprint density at radius 2 is 1.73 bits per heavy atom. The molecule has 0 aromatic heterocycles. The molecule has 0 spiro atoms. The van der Waals surface area contributed by atoms with E-state index in [1.165, 1.54) is 51.6 Å². The third-order valence-corrected chi connectivity index (χ3v) is 3.03. The highest BCUT2D eigenvalue weighted by atomic mass is 15.1. The van der Waals surface area contributed by atoms with Gasteiger partial charge in [-0.1, -0.05) is 26.7 Å². The molecule has 0 aliphatic carbocycles. The first-order chi connectivity index (χ1) is 7.24. The molecule has 0 heterocycles. The van der Waals surface area contributed by atoms with Crippen molar-refractivity contribution in [3.63, 3.8) is 0 Å². The standard InChI is InChI=1S/C13H30N2/c1-4-7-13(9-10-14)8-6-12-15(3)11-5-2/h13H,4-12,14H2,1-3H3. The molecule has 0 amide bonds. The van der Waals surface area contributed by atoms with Crippen LogP contribution in [-0.4, -0.2) is 31.6 Å². The zero-order chi connectivity index (χ0) is 11.5. The maximum atomic E-state index is 5.63. The van der Waals surface area contributed by atoms with Crippen molar-refractivity contribution in [1.29, 1.82) is 0 Å². The van der Waals surface area contributed by atoms with Gasteiger partial charge in [-0.2, -0.15) is 0 Å². The number of hydrogen-bond donors (Lipinski definition) is 1. The summed E-state index contributed by atoms with van der Waals surface area (Å²) in [6.07, 6.45) is 7.83. The van der Waals surface area contributed by atoms with Gasteiger partial charge < -0.3 is 10.6 Å². The molecule has 0 aliphatic heterocycles. The summed E-state index contributed by atoms with van der Waals surface area (Å²) in [5, 5.41) is 0. The summed E-state index contributed by atoms with van der Waals surface area (Å²) in [4.78, 5) is 2.44. The van der Waals surface area contributed by atoms with Crippen LogP contribution >= 0.6 is 0 Å². The summed E-state index contributed by atoms with van der Waals surface area (Å²) in [6, 6.07) is 0. The van der Waals surface area contributed by atoms with E-state index in [0.717, 1.165) is 12.5 Å². The number of hydrogen-bond acceptors (Lipinski definition) is 2. The molecule has 1 atom stereocenters. The molecular weight excluding hydrogens is 184 g/mol. The molecular formula is C13H30N2. The van der Waals surface area contributed by atoms with Crippen LogP contribution in [0, 0.1) is 5.92 Å². The Morgan fingerprint density at radius 1 is 1.00 bits per heavy atom. The lowest BCUT2D eigenvalue weighted by Gasteiger charge is -2.18. The van der Waals surface area contributed by atoms with Gasteiger partial charge in [0.1, 0.15) is 0 Å². The molecule has 2 heteroatoms. The smallest absolute Gasteiger partial charge is 0.00217 e. The van der Waals surface area contributed by atoms with E-state index in [0.29, 0.717) is 0 Å². The van der Waals surface area contributed by atoms with Gasteiger partial charge in [0.25, 0.3) is 0 Å². The van der Waals surface area contributed by atoms with Gasteiger partial charge in [0.05, 0.1) is 0 Å². The second kappa shape index (κ2) is 10.4.